The third-order valence-electron chi connectivity index (χ3n) is 5.58. The lowest BCUT2D eigenvalue weighted by molar-refractivity contribution is -0.139. The molecule has 1 unspecified atom stereocenters. The van der Waals surface area contributed by atoms with E-state index in [1.165, 1.54) is 30.2 Å². The average Bonchev–Trinajstić information content (AvgIpc) is 3.01. The fourth-order valence-electron chi connectivity index (χ4n) is 3.82. The maximum Gasteiger partial charge on any atom is 0.295 e. The lowest BCUT2D eigenvalue weighted by atomic mass is 9.94. The van der Waals surface area contributed by atoms with Gasteiger partial charge in [0.2, 0.25) is 0 Å². The predicted molar refractivity (Wildman–Crippen MR) is 126 cm³/mol. The Morgan fingerprint density at radius 2 is 1.94 bits per heavy atom. The maximum absolute atomic E-state index is 14.2. The largest absolute Gasteiger partial charge is 0.507 e. The molecule has 7 nitrogen and oxygen atoms in total. The summed E-state index contributed by atoms with van der Waals surface area (Å²) in [4.78, 5) is 29.4. The van der Waals surface area contributed by atoms with E-state index >= 15 is 0 Å². The smallest absolute Gasteiger partial charge is 0.295 e. The number of phenols is 1. The molecule has 33 heavy (non-hydrogen) atoms. The zero-order chi connectivity index (χ0) is 24.4. The summed E-state index contributed by atoms with van der Waals surface area (Å²) in [7, 11) is 5.19. The molecule has 1 saturated heterocycles. The molecule has 1 amide bonds. The van der Waals surface area contributed by atoms with Crippen LogP contribution in [-0.4, -0.2) is 66.0 Å². The summed E-state index contributed by atoms with van der Waals surface area (Å²) in [6, 6.07) is 6.26. The Labute approximate surface area is 200 Å². The summed E-state index contributed by atoms with van der Waals surface area (Å²) in [5.41, 5.74) is 0.793. The number of rotatable bonds is 7. The highest BCUT2D eigenvalue weighted by Crippen LogP contribution is 2.44. The zero-order valence-corrected chi connectivity index (χ0v) is 20.4. The van der Waals surface area contributed by atoms with Crippen LogP contribution in [0.25, 0.3) is 5.76 Å². The van der Waals surface area contributed by atoms with E-state index in [4.69, 9.17) is 4.74 Å². The molecule has 1 aliphatic rings. The summed E-state index contributed by atoms with van der Waals surface area (Å²) in [5, 5.41) is 21.3. The van der Waals surface area contributed by atoms with Gasteiger partial charge in [0.15, 0.2) is 11.5 Å². The number of hydrogen-bond acceptors (Lipinski definition) is 6. The van der Waals surface area contributed by atoms with Gasteiger partial charge < -0.3 is 24.7 Å². The van der Waals surface area contributed by atoms with Crippen molar-refractivity contribution in [3.63, 3.8) is 0 Å². The Kier molecular flexibility index (Phi) is 7.44. The average molecular weight is 521 g/mol. The van der Waals surface area contributed by atoms with Crippen LogP contribution < -0.4 is 4.74 Å². The summed E-state index contributed by atoms with van der Waals surface area (Å²) in [6.07, 6.45) is 0.589. The number of aryl methyl sites for hydroxylation is 1. The number of benzene rings is 2. The lowest BCUT2D eigenvalue weighted by Crippen LogP contribution is -2.32. The molecule has 2 aromatic rings. The number of aliphatic hydroxyl groups excluding tert-OH is 1. The van der Waals surface area contributed by atoms with E-state index in [-0.39, 0.29) is 29.2 Å². The molecule has 0 radical (unpaired) electrons. The standard InChI is InChI=1S/C24H26BrFN2O5/c1-13-6-7-14(11-17(13)26)21(29)19-20(15-10-16(25)22(30)18(12-15)33-4)28(24(32)23(19)31)9-5-8-27(2)3/h6-7,10-12,20,29-30H,5,8-9H2,1-4H3/b21-19-. The molecule has 3 rings (SSSR count). The molecular formula is C24H26BrFN2O5. The fraction of sp³-hybridized carbons (Fsp3) is 0.333. The van der Waals surface area contributed by atoms with Crippen molar-refractivity contribution in [1.82, 2.24) is 9.80 Å². The van der Waals surface area contributed by atoms with E-state index in [2.05, 4.69) is 15.9 Å². The van der Waals surface area contributed by atoms with Crippen molar-refractivity contribution in [2.24, 2.45) is 0 Å². The molecule has 2 aromatic carbocycles. The molecule has 1 aliphatic heterocycles. The van der Waals surface area contributed by atoms with Crippen LogP contribution in [0.3, 0.4) is 0 Å². The van der Waals surface area contributed by atoms with Crippen LogP contribution in [0.2, 0.25) is 0 Å². The molecule has 9 heteroatoms. The van der Waals surface area contributed by atoms with Crippen LogP contribution in [-0.2, 0) is 9.59 Å². The summed E-state index contributed by atoms with van der Waals surface area (Å²) >= 11 is 3.27. The second-order valence-corrected chi connectivity index (χ2v) is 9.02. The number of amides is 1. The second-order valence-electron chi connectivity index (χ2n) is 8.17. The first-order valence-electron chi connectivity index (χ1n) is 10.3. The number of ether oxygens (including phenoxy) is 1. The van der Waals surface area contributed by atoms with Crippen molar-refractivity contribution < 1.29 is 28.9 Å². The van der Waals surface area contributed by atoms with Crippen LogP contribution in [0.15, 0.2) is 40.4 Å². The number of nitrogens with zero attached hydrogens (tertiary/aromatic N) is 2. The highest BCUT2D eigenvalue weighted by molar-refractivity contribution is 9.10. The Morgan fingerprint density at radius 1 is 1.24 bits per heavy atom. The highest BCUT2D eigenvalue weighted by atomic mass is 79.9. The second kappa shape index (κ2) is 9.93. The van der Waals surface area contributed by atoms with Crippen molar-refractivity contribution in [2.75, 3.05) is 34.3 Å². The van der Waals surface area contributed by atoms with Crippen LogP contribution in [0, 0.1) is 12.7 Å². The number of ketones is 1. The van der Waals surface area contributed by atoms with Crippen LogP contribution in [0.4, 0.5) is 4.39 Å². The van der Waals surface area contributed by atoms with Gasteiger partial charge in [0.25, 0.3) is 11.7 Å². The Balaban J connectivity index is 2.19. The van der Waals surface area contributed by atoms with E-state index in [1.54, 1.807) is 13.0 Å². The van der Waals surface area contributed by atoms with Gasteiger partial charge >= 0.3 is 0 Å². The van der Waals surface area contributed by atoms with Gasteiger partial charge in [-0.25, -0.2) is 4.39 Å². The number of hydrogen-bond donors (Lipinski definition) is 2. The molecule has 1 heterocycles. The van der Waals surface area contributed by atoms with Gasteiger partial charge in [-0.2, -0.15) is 0 Å². The maximum atomic E-state index is 14.2. The molecule has 1 fully saturated rings. The van der Waals surface area contributed by atoms with Crippen molar-refractivity contribution in [2.45, 2.75) is 19.4 Å². The minimum Gasteiger partial charge on any atom is -0.507 e. The van der Waals surface area contributed by atoms with Crippen molar-refractivity contribution in [3.05, 3.63) is 62.9 Å². The van der Waals surface area contributed by atoms with Crippen LogP contribution >= 0.6 is 15.9 Å². The summed E-state index contributed by atoms with van der Waals surface area (Å²) in [5.74, 6) is -2.60. The van der Waals surface area contributed by atoms with Gasteiger partial charge in [-0.05, 0) is 79.2 Å². The molecule has 0 saturated carbocycles. The Hall–Kier alpha value is -2.91. The SMILES string of the molecule is COc1cc(C2/C(=C(/O)c3ccc(C)c(F)c3)C(=O)C(=O)N2CCCN(C)C)cc(Br)c1O. The van der Waals surface area contributed by atoms with Crippen LogP contribution in [0.5, 0.6) is 11.5 Å². The minimum atomic E-state index is -0.942. The van der Waals surface area contributed by atoms with E-state index in [1.807, 2.05) is 19.0 Å². The summed E-state index contributed by atoms with van der Waals surface area (Å²) in [6.45, 7) is 2.53. The first-order valence-corrected chi connectivity index (χ1v) is 11.1. The topological polar surface area (TPSA) is 90.3 Å². The van der Waals surface area contributed by atoms with E-state index in [0.717, 1.165) is 6.07 Å². The summed E-state index contributed by atoms with van der Waals surface area (Å²) < 4.78 is 19.7. The highest BCUT2D eigenvalue weighted by Gasteiger charge is 2.46. The van der Waals surface area contributed by atoms with Gasteiger partial charge in [0.1, 0.15) is 11.6 Å². The minimum absolute atomic E-state index is 0.0965. The molecule has 2 N–H and O–H groups in total. The molecular weight excluding hydrogens is 495 g/mol. The van der Waals surface area contributed by atoms with Gasteiger partial charge in [-0.3, -0.25) is 9.59 Å². The Bertz CT molecular complexity index is 1130. The molecule has 0 aliphatic carbocycles. The first kappa shape index (κ1) is 24.7. The van der Waals surface area contributed by atoms with Gasteiger partial charge in [0, 0.05) is 12.1 Å². The number of carbonyl (C=O) groups is 2. The van der Waals surface area contributed by atoms with Crippen molar-refractivity contribution in [3.8, 4) is 11.5 Å². The van der Waals surface area contributed by atoms with Gasteiger partial charge in [-0.15, -0.1) is 0 Å². The number of halogens is 2. The third kappa shape index (κ3) is 4.89. The number of methoxy groups -OCH3 is 1. The fourth-order valence-corrected chi connectivity index (χ4v) is 4.28. The number of aliphatic hydroxyl groups is 1. The molecule has 0 aromatic heterocycles. The molecule has 0 bridgehead atoms. The van der Waals surface area contributed by atoms with Crippen LogP contribution in [0.1, 0.15) is 29.2 Å². The number of carbonyl (C=O) groups excluding carboxylic acids is 2. The normalized spacial score (nSPS) is 17.8. The monoisotopic (exact) mass is 520 g/mol. The number of Topliss-reactive ketones (excluding diaryl/α,β-unsaturated/α-hetero) is 1. The van der Waals surface area contributed by atoms with E-state index in [0.29, 0.717) is 28.6 Å². The first-order chi connectivity index (χ1) is 15.6. The van der Waals surface area contributed by atoms with Crippen molar-refractivity contribution in [1.29, 1.82) is 0 Å². The molecule has 0 spiro atoms. The number of aromatic hydroxyl groups is 1. The van der Waals surface area contributed by atoms with Gasteiger partial charge in [0.05, 0.1) is 23.2 Å². The number of likely N-dealkylation sites (tertiary alicyclic amines) is 1. The Morgan fingerprint density at radius 3 is 2.55 bits per heavy atom. The van der Waals surface area contributed by atoms with Crippen molar-refractivity contribution >= 4 is 33.4 Å². The van der Waals surface area contributed by atoms with E-state index in [9.17, 15) is 24.2 Å². The quantitative estimate of drug-likeness (QED) is 0.326. The lowest BCUT2D eigenvalue weighted by Gasteiger charge is -2.26. The van der Waals surface area contributed by atoms with E-state index < -0.39 is 29.3 Å². The number of phenolic OH excluding ortho intramolecular Hbond substituents is 1. The molecule has 1 atom stereocenters. The zero-order valence-electron chi connectivity index (χ0n) is 18.9. The third-order valence-corrected chi connectivity index (χ3v) is 6.18. The van der Waals surface area contributed by atoms with Gasteiger partial charge in [-0.1, -0.05) is 12.1 Å². The predicted octanol–water partition coefficient (Wildman–Crippen LogP) is 3.98. The molecule has 176 valence electrons.